The van der Waals surface area contributed by atoms with Gasteiger partial charge in [-0.15, -0.1) is 0 Å². The summed E-state index contributed by atoms with van der Waals surface area (Å²) < 4.78 is 0. The topological polar surface area (TPSA) is 42.2 Å². The molecule has 1 aromatic rings. The summed E-state index contributed by atoms with van der Waals surface area (Å²) in [7, 11) is 0. The average Bonchev–Trinajstić information content (AvgIpc) is 3.09. The van der Waals surface area contributed by atoms with Crippen molar-refractivity contribution in [1.29, 1.82) is 0 Å². The zero-order valence-electron chi connectivity index (χ0n) is 10.2. The lowest BCUT2D eigenvalue weighted by atomic mass is 10.1. The molecule has 2 rings (SSSR count). The van der Waals surface area contributed by atoms with E-state index in [0.29, 0.717) is 6.54 Å². The Hall–Kier alpha value is -1.09. The van der Waals surface area contributed by atoms with Gasteiger partial charge in [0.2, 0.25) is 0 Å². The van der Waals surface area contributed by atoms with Gasteiger partial charge in [0.1, 0.15) is 0 Å². The maximum absolute atomic E-state index is 5.77. The van der Waals surface area contributed by atoms with Gasteiger partial charge in [-0.25, -0.2) is 0 Å². The molecule has 2 N–H and O–H groups in total. The molecule has 0 aliphatic heterocycles. The van der Waals surface area contributed by atoms with Crippen LogP contribution in [0.1, 0.15) is 31.0 Å². The highest BCUT2D eigenvalue weighted by atomic mass is 15.1. The third kappa shape index (κ3) is 2.53. The first-order valence-electron chi connectivity index (χ1n) is 6.15. The first-order valence-corrected chi connectivity index (χ1v) is 6.15. The highest BCUT2D eigenvalue weighted by Gasteiger charge is 2.24. The number of aryl methyl sites for hydroxylation is 1. The summed E-state index contributed by atoms with van der Waals surface area (Å²) in [5.41, 5.74) is 9.29. The van der Waals surface area contributed by atoms with Crippen LogP contribution in [0.25, 0.3) is 0 Å². The fourth-order valence-electron chi connectivity index (χ4n) is 2.04. The molecule has 0 atom stereocenters. The van der Waals surface area contributed by atoms with Gasteiger partial charge in [0.05, 0.1) is 0 Å². The lowest BCUT2D eigenvalue weighted by Gasteiger charge is -2.25. The van der Waals surface area contributed by atoms with Crippen molar-refractivity contribution in [3.05, 3.63) is 23.5 Å². The number of pyridine rings is 1. The van der Waals surface area contributed by atoms with Crippen molar-refractivity contribution >= 4 is 5.69 Å². The summed E-state index contributed by atoms with van der Waals surface area (Å²) in [6.07, 6.45) is 4.69. The smallest absolute Gasteiger partial charge is 0.0445 e. The maximum atomic E-state index is 5.77. The molecular formula is C13H21N3. The molecule has 1 fully saturated rings. The van der Waals surface area contributed by atoms with Gasteiger partial charge in [0, 0.05) is 42.8 Å². The van der Waals surface area contributed by atoms with Crippen LogP contribution in [0.15, 0.2) is 12.3 Å². The summed E-state index contributed by atoms with van der Waals surface area (Å²) in [4.78, 5) is 6.75. The van der Waals surface area contributed by atoms with Crippen LogP contribution in [0.4, 0.5) is 5.69 Å². The van der Waals surface area contributed by atoms with Crippen LogP contribution in [0.3, 0.4) is 0 Å². The van der Waals surface area contributed by atoms with Gasteiger partial charge in [-0.3, -0.25) is 4.98 Å². The molecule has 0 spiro atoms. The first kappa shape index (κ1) is 11.4. The quantitative estimate of drug-likeness (QED) is 0.824. The Morgan fingerprint density at radius 3 is 2.81 bits per heavy atom. The average molecular weight is 219 g/mol. The molecule has 88 valence electrons. The fourth-order valence-corrected chi connectivity index (χ4v) is 2.04. The van der Waals surface area contributed by atoms with Crippen molar-refractivity contribution in [2.24, 2.45) is 11.7 Å². The molecule has 0 saturated heterocycles. The Morgan fingerprint density at radius 1 is 1.50 bits per heavy atom. The number of nitrogens with two attached hydrogens (primary N) is 1. The zero-order chi connectivity index (χ0) is 11.5. The highest BCUT2D eigenvalue weighted by molar-refractivity contribution is 5.53. The van der Waals surface area contributed by atoms with E-state index in [4.69, 9.17) is 5.73 Å². The molecule has 0 amide bonds. The number of nitrogens with zero attached hydrogens (tertiary/aromatic N) is 2. The summed E-state index contributed by atoms with van der Waals surface area (Å²) in [5.74, 6) is 0.902. The van der Waals surface area contributed by atoms with Crippen molar-refractivity contribution in [3.63, 3.8) is 0 Å². The predicted molar refractivity (Wildman–Crippen MR) is 67.5 cm³/mol. The number of anilines is 1. The number of rotatable bonds is 5. The van der Waals surface area contributed by atoms with E-state index < -0.39 is 0 Å². The Balaban J connectivity index is 2.23. The zero-order valence-corrected chi connectivity index (χ0v) is 10.2. The summed E-state index contributed by atoms with van der Waals surface area (Å²) in [6, 6.07) is 2.16. The lowest BCUT2D eigenvalue weighted by Crippen LogP contribution is -2.27. The molecule has 0 unspecified atom stereocenters. The van der Waals surface area contributed by atoms with Gasteiger partial charge in [-0.1, -0.05) is 0 Å². The minimum atomic E-state index is 0.573. The minimum absolute atomic E-state index is 0.573. The molecule has 1 aromatic heterocycles. The van der Waals surface area contributed by atoms with Gasteiger partial charge in [-0.2, -0.15) is 0 Å². The van der Waals surface area contributed by atoms with Crippen LogP contribution < -0.4 is 10.6 Å². The molecule has 1 heterocycles. The second kappa shape index (κ2) is 4.83. The molecular weight excluding hydrogens is 198 g/mol. The number of hydrogen-bond donors (Lipinski definition) is 1. The SMILES string of the molecule is CCN(CC1CC1)c1cc(C)ncc1CN. The molecule has 1 aliphatic carbocycles. The number of aromatic nitrogens is 1. The van der Waals surface area contributed by atoms with E-state index in [9.17, 15) is 0 Å². The van der Waals surface area contributed by atoms with Gasteiger partial charge in [0.25, 0.3) is 0 Å². The van der Waals surface area contributed by atoms with E-state index in [1.165, 1.54) is 25.1 Å². The second-order valence-corrected chi connectivity index (χ2v) is 4.64. The standard InChI is InChI=1S/C13H21N3/c1-3-16(9-11-4-5-11)13-6-10(2)15-8-12(13)7-14/h6,8,11H,3-5,7,9,14H2,1-2H3. The molecule has 0 radical (unpaired) electrons. The lowest BCUT2D eigenvalue weighted by molar-refractivity contribution is 0.736. The molecule has 3 heteroatoms. The summed E-state index contributed by atoms with van der Waals surface area (Å²) in [5, 5.41) is 0. The van der Waals surface area contributed by atoms with Crippen molar-refractivity contribution in [1.82, 2.24) is 4.98 Å². The van der Waals surface area contributed by atoms with Gasteiger partial charge in [-0.05, 0) is 38.7 Å². The van der Waals surface area contributed by atoms with Crippen LogP contribution in [0.5, 0.6) is 0 Å². The third-order valence-electron chi connectivity index (χ3n) is 3.22. The van der Waals surface area contributed by atoms with Crippen molar-refractivity contribution in [3.8, 4) is 0 Å². The Kier molecular flexibility index (Phi) is 3.44. The maximum Gasteiger partial charge on any atom is 0.0445 e. The molecule has 3 nitrogen and oxygen atoms in total. The van der Waals surface area contributed by atoms with Crippen LogP contribution >= 0.6 is 0 Å². The van der Waals surface area contributed by atoms with Crippen LogP contribution in [0.2, 0.25) is 0 Å². The molecule has 0 aromatic carbocycles. The van der Waals surface area contributed by atoms with E-state index >= 15 is 0 Å². The van der Waals surface area contributed by atoms with E-state index in [2.05, 4.69) is 22.9 Å². The van der Waals surface area contributed by atoms with Crippen molar-refractivity contribution in [2.45, 2.75) is 33.2 Å². The third-order valence-corrected chi connectivity index (χ3v) is 3.22. The normalized spacial score (nSPS) is 15.2. The van der Waals surface area contributed by atoms with E-state index in [1.54, 1.807) is 0 Å². The number of hydrogen-bond acceptors (Lipinski definition) is 3. The Bertz CT molecular complexity index is 358. The van der Waals surface area contributed by atoms with Crippen LogP contribution in [-0.2, 0) is 6.54 Å². The first-order chi connectivity index (χ1) is 7.74. The fraction of sp³-hybridized carbons (Fsp3) is 0.615. The molecule has 1 saturated carbocycles. The minimum Gasteiger partial charge on any atom is -0.371 e. The molecule has 0 bridgehead atoms. The van der Waals surface area contributed by atoms with Crippen molar-refractivity contribution < 1.29 is 0 Å². The Labute approximate surface area is 97.7 Å². The van der Waals surface area contributed by atoms with Gasteiger partial charge >= 0.3 is 0 Å². The predicted octanol–water partition coefficient (Wildman–Crippen LogP) is 2.09. The van der Waals surface area contributed by atoms with Gasteiger partial charge < -0.3 is 10.6 Å². The highest BCUT2D eigenvalue weighted by Crippen LogP contribution is 2.32. The van der Waals surface area contributed by atoms with E-state index in [-0.39, 0.29) is 0 Å². The Morgan fingerprint density at radius 2 is 2.25 bits per heavy atom. The van der Waals surface area contributed by atoms with Gasteiger partial charge in [0.15, 0.2) is 0 Å². The summed E-state index contributed by atoms with van der Waals surface area (Å²) >= 11 is 0. The van der Waals surface area contributed by atoms with E-state index in [0.717, 1.165) is 23.7 Å². The monoisotopic (exact) mass is 219 g/mol. The largest absolute Gasteiger partial charge is 0.371 e. The molecule has 16 heavy (non-hydrogen) atoms. The molecule has 1 aliphatic rings. The van der Waals surface area contributed by atoms with Crippen LogP contribution in [-0.4, -0.2) is 18.1 Å². The summed E-state index contributed by atoms with van der Waals surface area (Å²) in [6.45, 7) is 7.04. The second-order valence-electron chi connectivity index (χ2n) is 4.64. The van der Waals surface area contributed by atoms with Crippen molar-refractivity contribution in [2.75, 3.05) is 18.0 Å². The van der Waals surface area contributed by atoms with Crippen LogP contribution in [0, 0.1) is 12.8 Å². The van der Waals surface area contributed by atoms with E-state index in [1.807, 2.05) is 13.1 Å².